The minimum atomic E-state index is 0.482. The van der Waals surface area contributed by atoms with Gasteiger partial charge in [-0.05, 0) is 36.4 Å². The molecule has 5 heteroatoms. The van der Waals surface area contributed by atoms with E-state index in [9.17, 15) is 0 Å². The van der Waals surface area contributed by atoms with Crippen molar-refractivity contribution in [3.8, 4) is 11.5 Å². The average Bonchev–Trinajstić information content (AvgIpc) is 2.46. The van der Waals surface area contributed by atoms with Gasteiger partial charge in [0.25, 0.3) is 0 Å². The van der Waals surface area contributed by atoms with Gasteiger partial charge in [-0.25, -0.2) is 0 Å². The topological polar surface area (TPSA) is 48.1 Å². The van der Waals surface area contributed by atoms with Gasteiger partial charge in [0.1, 0.15) is 11.3 Å². The van der Waals surface area contributed by atoms with Crippen molar-refractivity contribution >= 4 is 39.8 Å². The Morgan fingerprint density at radius 2 is 1.85 bits per heavy atom. The molecule has 3 aromatic rings. The number of benzene rings is 2. The Morgan fingerprint density at radius 1 is 1.00 bits per heavy atom. The maximum absolute atomic E-state index is 6.10. The van der Waals surface area contributed by atoms with Crippen LogP contribution in [-0.2, 0) is 0 Å². The Morgan fingerprint density at radius 3 is 2.70 bits per heavy atom. The van der Waals surface area contributed by atoms with Crippen LogP contribution in [0.3, 0.4) is 0 Å². The van der Waals surface area contributed by atoms with E-state index in [4.69, 9.17) is 33.7 Å². The molecule has 0 saturated heterocycles. The van der Waals surface area contributed by atoms with Gasteiger partial charge in [-0.15, -0.1) is 0 Å². The highest BCUT2D eigenvalue weighted by Gasteiger charge is 2.09. The lowest BCUT2D eigenvalue weighted by Crippen LogP contribution is -1.92. The molecule has 0 fully saturated rings. The first-order valence-electron chi connectivity index (χ1n) is 5.91. The van der Waals surface area contributed by atoms with E-state index in [0.29, 0.717) is 32.7 Å². The second kappa shape index (κ2) is 5.19. The van der Waals surface area contributed by atoms with Crippen LogP contribution in [0.1, 0.15) is 0 Å². The SMILES string of the molecule is Nc1ccc(Oc2cc(Cl)ccc2Cl)c2ncccc12. The normalized spacial score (nSPS) is 10.7. The van der Waals surface area contributed by atoms with E-state index < -0.39 is 0 Å². The lowest BCUT2D eigenvalue weighted by atomic mass is 10.1. The summed E-state index contributed by atoms with van der Waals surface area (Å²) in [6.45, 7) is 0. The highest BCUT2D eigenvalue weighted by Crippen LogP contribution is 2.35. The lowest BCUT2D eigenvalue weighted by molar-refractivity contribution is 0.487. The Bertz CT molecular complexity index is 790. The summed E-state index contributed by atoms with van der Waals surface area (Å²) in [6, 6.07) is 12.3. The van der Waals surface area contributed by atoms with Crippen LogP contribution in [0, 0.1) is 0 Å². The Balaban J connectivity index is 2.11. The third kappa shape index (κ3) is 2.38. The monoisotopic (exact) mass is 304 g/mol. The summed E-state index contributed by atoms with van der Waals surface area (Å²) in [6.07, 6.45) is 1.69. The number of fused-ring (bicyclic) bond motifs is 1. The predicted octanol–water partition coefficient (Wildman–Crippen LogP) is 4.92. The molecule has 2 aromatic carbocycles. The van der Waals surface area contributed by atoms with Crippen LogP contribution in [0.25, 0.3) is 10.9 Å². The molecule has 20 heavy (non-hydrogen) atoms. The van der Waals surface area contributed by atoms with Crippen LogP contribution in [0.5, 0.6) is 11.5 Å². The van der Waals surface area contributed by atoms with Gasteiger partial charge in [-0.2, -0.15) is 0 Å². The molecule has 0 saturated carbocycles. The number of hydrogen-bond donors (Lipinski definition) is 1. The maximum Gasteiger partial charge on any atom is 0.153 e. The standard InChI is InChI=1S/C15H10Cl2N2O/c16-9-3-4-11(17)14(8-9)20-13-6-5-12(18)10-2-1-7-19-15(10)13/h1-8H,18H2. The molecule has 0 atom stereocenters. The smallest absolute Gasteiger partial charge is 0.153 e. The van der Waals surface area contributed by atoms with Crippen LogP contribution < -0.4 is 10.5 Å². The molecule has 3 rings (SSSR count). The number of ether oxygens (including phenoxy) is 1. The summed E-state index contributed by atoms with van der Waals surface area (Å²) < 4.78 is 5.82. The van der Waals surface area contributed by atoms with Gasteiger partial charge in [0.2, 0.25) is 0 Å². The molecule has 0 amide bonds. The fourth-order valence-corrected chi connectivity index (χ4v) is 2.24. The van der Waals surface area contributed by atoms with Crippen molar-refractivity contribution in [2.24, 2.45) is 0 Å². The van der Waals surface area contributed by atoms with E-state index in [-0.39, 0.29) is 0 Å². The van der Waals surface area contributed by atoms with Crippen molar-refractivity contribution in [2.45, 2.75) is 0 Å². The highest BCUT2D eigenvalue weighted by atomic mass is 35.5. The van der Waals surface area contributed by atoms with E-state index in [1.54, 1.807) is 36.5 Å². The second-order valence-electron chi connectivity index (χ2n) is 4.23. The Kier molecular flexibility index (Phi) is 3.38. The van der Waals surface area contributed by atoms with Crippen molar-refractivity contribution in [2.75, 3.05) is 5.73 Å². The van der Waals surface area contributed by atoms with Gasteiger partial charge in [-0.3, -0.25) is 4.98 Å². The summed E-state index contributed by atoms with van der Waals surface area (Å²) >= 11 is 12.1. The number of nitrogens with two attached hydrogens (primary N) is 1. The molecule has 1 heterocycles. The molecule has 0 aliphatic rings. The molecule has 3 nitrogen and oxygen atoms in total. The number of aromatic nitrogens is 1. The summed E-state index contributed by atoms with van der Waals surface area (Å²) in [5.41, 5.74) is 7.26. The van der Waals surface area contributed by atoms with Crippen molar-refractivity contribution in [3.05, 3.63) is 58.7 Å². The minimum absolute atomic E-state index is 0.482. The largest absolute Gasteiger partial charge is 0.453 e. The summed E-state index contributed by atoms with van der Waals surface area (Å²) in [5, 5.41) is 1.87. The van der Waals surface area contributed by atoms with Crippen molar-refractivity contribution in [3.63, 3.8) is 0 Å². The number of pyridine rings is 1. The molecule has 1 aromatic heterocycles. The summed E-state index contributed by atoms with van der Waals surface area (Å²) in [7, 11) is 0. The highest BCUT2D eigenvalue weighted by molar-refractivity contribution is 6.34. The van der Waals surface area contributed by atoms with Crippen LogP contribution in [0.4, 0.5) is 5.69 Å². The molecule has 0 bridgehead atoms. The zero-order valence-electron chi connectivity index (χ0n) is 10.3. The van der Waals surface area contributed by atoms with Gasteiger partial charge in [0.05, 0.1) is 5.02 Å². The second-order valence-corrected chi connectivity index (χ2v) is 5.07. The fraction of sp³-hybridized carbons (Fsp3) is 0. The van der Waals surface area contributed by atoms with E-state index in [1.165, 1.54) is 0 Å². The summed E-state index contributed by atoms with van der Waals surface area (Å²) in [4.78, 5) is 4.31. The van der Waals surface area contributed by atoms with Crippen LogP contribution >= 0.6 is 23.2 Å². The van der Waals surface area contributed by atoms with Gasteiger partial charge < -0.3 is 10.5 Å². The molecule has 0 radical (unpaired) electrons. The van der Waals surface area contributed by atoms with E-state index in [1.807, 2.05) is 12.1 Å². The lowest BCUT2D eigenvalue weighted by Gasteiger charge is -2.11. The molecule has 0 unspecified atom stereocenters. The average molecular weight is 305 g/mol. The Hall–Kier alpha value is -1.97. The number of nitrogens with zero attached hydrogens (tertiary/aromatic N) is 1. The third-order valence-electron chi connectivity index (χ3n) is 2.88. The molecule has 0 spiro atoms. The molecule has 100 valence electrons. The summed E-state index contributed by atoms with van der Waals surface area (Å²) in [5.74, 6) is 1.06. The van der Waals surface area contributed by atoms with E-state index in [0.717, 1.165) is 5.39 Å². The molecular weight excluding hydrogens is 295 g/mol. The first kappa shape index (κ1) is 13.0. The zero-order valence-corrected chi connectivity index (χ0v) is 11.8. The molecule has 2 N–H and O–H groups in total. The van der Waals surface area contributed by atoms with Crippen LogP contribution in [0.2, 0.25) is 10.0 Å². The minimum Gasteiger partial charge on any atom is -0.453 e. The van der Waals surface area contributed by atoms with Crippen molar-refractivity contribution in [1.82, 2.24) is 4.98 Å². The first-order chi connectivity index (χ1) is 9.65. The van der Waals surface area contributed by atoms with Gasteiger partial charge >= 0.3 is 0 Å². The number of rotatable bonds is 2. The van der Waals surface area contributed by atoms with Crippen LogP contribution in [-0.4, -0.2) is 4.98 Å². The predicted molar refractivity (Wildman–Crippen MR) is 82.7 cm³/mol. The van der Waals surface area contributed by atoms with Crippen molar-refractivity contribution < 1.29 is 4.74 Å². The Labute approximate surface area is 125 Å². The van der Waals surface area contributed by atoms with Gasteiger partial charge in [0.15, 0.2) is 5.75 Å². The number of nitrogen functional groups attached to an aromatic ring is 1. The van der Waals surface area contributed by atoms with Crippen LogP contribution in [0.15, 0.2) is 48.7 Å². The number of anilines is 1. The third-order valence-corrected chi connectivity index (χ3v) is 3.43. The van der Waals surface area contributed by atoms with E-state index >= 15 is 0 Å². The van der Waals surface area contributed by atoms with Gasteiger partial charge in [0, 0.05) is 28.4 Å². The molecular formula is C15H10Cl2N2O. The number of hydrogen-bond acceptors (Lipinski definition) is 3. The van der Waals surface area contributed by atoms with Crippen molar-refractivity contribution in [1.29, 1.82) is 0 Å². The first-order valence-corrected chi connectivity index (χ1v) is 6.67. The van der Waals surface area contributed by atoms with Gasteiger partial charge in [-0.1, -0.05) is 23.2 Å². The number of halogens is 2. The van der Waals surface area contributed by atoms with E-state index in [2.05, 4.69) is 4.98 Å². The fourth-order valence-electron chi connectivity index (χ4n) is 1.93. The quantitative estimate of drug-likeness (QED) is 0.684. The maximum atomic E-state index is 6.10. The molecule has 0 aliphatic carbocycles. The zero-order chi connectivity index (χ0) is 14.1. The molecule has 0 aliphatic heterocycles.